The third-order valence-electron chi connectivity index (χ3n) is 4.77. The lowest BCUT2D eigenvalue weighted by molar-refractivity contribution is -0.119. The van der Waals surface area contributed by atoms with Crippen LogP contribution in [0.15, 0.2) is 58.1 Å². The van der Waals surface area contributed by atoms with E-state index in [-0.39, 0.29) is 15.7 Å². The van der Waals surface area contributed by atoms with Gasteiger partial charge in [-0.3, -0.25) is 9.10 Å². The maximum Gasteiger partial charge on any atom is 0.260 e. The highest BCUT2D eigenvalue weighted by Crippen LogP contribution is 2.27. The van der Waals surface area contributed by atoms with Crippen LogP contribution in [0.5, 0.6) is 0 Å². The van der Waals surface area contributed by atoms with Crippen LogP contribution in [0.3, 0.4) is 0 Å². The lowest BCUT2D eigenvalue weighted by Crippen LogP contribution is -2.39. The van der Waals surface area contributed by atoms with Crippen molar-refractivity contribution in [2.24, 2.45) is 5.10 Å². The molecule has 0 aliphatic rings. The number of amides is 1. The topological polar surface area (TPSA) is 83.8 Å². The normalized spacial score (nSPS) is 11.7. The van der Waals surface area contributed by atoms with Crippen LogP contribution in [-0.2, 0) is 14.8 Å². The van der Waals surface area contributed by atoms with E-state index in [1.165, 1.54) is 24.4 Å². The lowest BCUT2D eigenvalue weighted by atomic mass is 10.2. The summed E-state index contributed by atoms with van der Waals surface area (Å²) in [5.74, 6) is -0.616. The Morgan fingerprint density at radius 2 is 1.73 bits per heavy atom. The van der Waals surface area contributed by atoms with Crippen molar-refractivity contribution in [2.75, 3.05) is 17.1 Å². The second kappa shape index (κ2) is 10.3. The monoisotopic (exact) mass is 570 g/mol. The van der Waals surface area contributed by atoms with Crippen molar-refractivity contribution in [1.29, 1.82) is 0 Å². The van der Waals surface area contributed by atoms with Gasteiger partial charge in [-0.15, -0.1) is 0 Å². The van der Waals surface area contributed by atoms with E-state index in [4.69, 9.17) is 23.2 Å². The Bertz CT molecular complexity index is 1300. The van der Waals surface area contributed by atoms with Crippen LogP contribution >= 0.6 is 39.1 Å². The van der Waals surface area contributed by atoms with Crippen LogP contribution in [0.1, 0.15) is 17.0 Å². The molecule has 1 N–H and O–H groups in total. The molecule has 3 rings (SSSR count). The molecule has 174 valence electrons. The number of sulfonamides is 1. The predicted octanol–water partition coefficient (Wildman–Crippen LogP) is 5.08. The van der Waals surface area contributed by atoms with Crippen LogP contribution < -0.4 is 9.73 Å². The van der Waals surface area contributed by atoms with Crippen LogP contribution in [0.4, 0.5) is 5.69 Å². The number of aromatic nitrogens is 1. The van der Waals surface area contributed by atoms with Crippen molar-refractivity contribution in [3.63, 3.8) is 0 Å². The number of anilines is 1. The van der Waals surface area contributed by atoms with Gasteiger partial charge < -0.3 is 4.57 Å². The van der Waals surface area contributed by atoms with Crippen molar-refractivity contribution >= 4 is 67.0 Å². The summed E-state index contributed by atoms with van der Waals surface area (Å²) in [6.07, 6.45) is 2.52. The molecule has 0 saturated carbocycles. The van der Waals surface area contributed by atoms with Crippen molar-refractivity contribution in [3.05, 3.63) is 80.0 Å². The van der Waals surface area contributed by atoms with E-state index in [2.05, 4.69) is 31.0 Å². The largest absolute Gasteiger partial charge is 0.318 e. The maximum atomic E-state index is 12.4. The first-order valence-corrected chi connectivity index (χ1v) is 13.1. The van der Waals surface area contributed by atoms with Gasteiger partial charge >= 0.3 is 0 Å². The molecule has 0 bridgehead atoms. The van der Waals surface area contributed by atoms with Crippen LogP contribution in [0, 0.1) is 13.8 Å². The van der Waals surface area contributed by atoms with Gasteiger partial charge in [0, 0.05) is 37.2 Å². The summed E-state index contributed by atoms with van der Waals surface area (Å²) in [7, 11) is -3.77. The fraction of sp³-hybridized carbons (Fsp3) is 0.182. The molecule has 3 aromatic rings. The molecule has 0 aliphatic heterocycles. The first-order chi connectivity index (χ1) is 15.5. The summed E-state index contributed by atoms with van der Waals surface area (Å²) in [5.41, 5.74) is 6.33. The minimum atomic E-state index is -3.77. The maximum absolute atomic E-state index is 12.4. The summed E-state index contributed by atoms with van der Waals surface area (Å²) in [6.45, 7) is 3.45. The molecule has 0 fully saturated rings. The first kappa shape index (κ1) is 25.3. The van der Waals surface area contributed by atoms with Crippen LogP contribution in [-0.4, -0.2) is 37.9 Å². The van der Waals surface area contributed by atoms with Gasteiger partial charge in [-0.25, -0.2) is 13.8 Å². The van der Waals surface area contributed by atoms with E-state index >= 15 is 0 Å². The molecule has 33 heavy (non-hydrogen) atoms. The van der Waals surface area contributed by atoms with Gasteiger partial charge in [-0.05, 0) is 62.4 Å². The molecule has 0 saturated heterocycles. The summed E-state index contributed by atoms with van der Waals surface area (Å²) in [5, 5.41) is 4.52. The number of hydrazone groups is 1. The quantitative estimate of drug-likeness (QED) is 0.317. The van der Waals surface area contributed by atoms with Gasteiger partial charge in [0.15, 0.2) is 0 Å². The third kappa shape index (κ3) is 6.38. The molecular formula is C22H21BrCl2N4O3S. The molecular weight excluding hydrogens is 551 g/mol. The van der Waals surface area contributed by atoms with E-state index in [1.807, 2.05) is 44.2 Å². The average Bonchev–Trinajstić information content (AvgIpc) is 2.98. The minimum Gasteiger partial charge on any atom is -0.318 e. The Morgan fingerprint density at radius 1 is 1.12 bits per heavy atom. The Hall–Kier alpha value is -2.33. The summed E-state index contributed by atoms with van der Waals surface area (Å²) >= 11 is 15.4. The first-order valence-electron chi connectivity index (χ1n) is 9.66. The summed E-state index contributed by atoms with van der Waals surface area (Å²) in [6, 6.07) is 14.2. The molecule has 0 unspecified atom stereocenters. The van der Waals surface area contributed by atoms with E-state index in [0.29, 0.717) is 0 Å². The zero-order valence-corrected chi connectivity index (χ0v) is 21.9. The van der Waals surface area contributed by atoms with Gasteiger partial charge in [-0.2, -0.15) is 5.10 Å². The summed E-state index contributed by atoms with van der Waals surface area (Å²) in [4.78, 5) is 12.4. The number of rotatable bonds is 7. The molecule has 0 aliphatic carbocycles. The Kier molecular flexibility index (Phi) is 7.89. The molecule has 1 aromatic heterocycles. The molecule has 0 atom stereocenters. The second-order valence-electron chi connectivity index (χ2n) is 7.33. The van der Waals surface area contributed by atoms with Crippen LogP contribution in [0.25, 0.3) is 5.69 Å². The van der Waals surface area contributed by atoms with E-state index in [1.54, 1.807) is 0 Å². The standard InChI is InChI=1S/C22H21BrCl2N4O3S/c1-14-8-16(15(2)29(14)20-6-4-17(23)5-7-20)12-26-27-22(30)13-28(33(3,31)32)21-10-18(24)9-19(25)11-21/h4-12H,13H2,1-3H3,(H,27,30)/b26-12-. The average molecular weight is 572 g/mol. The summed E-state index contributed by atoms with van der Waals surface area (Å²) < 4.78 is 28.5. The fourth-order valence-corrected chi connectivity index (χ4v) is 4.95. The zero-order chi connectivity index (χ0) is 24.3. The second-order valence-corrected chi connectivity index (χ2v) is 11.0. The molecule has 0 radical (unpaired) electrons. The SMILES string of the molecule is Cc1cc(/C=N\NC(=O)CN(c2cc(Cl)cc(Cl)c2)S(C)(=O)=O)c(C)n1-c1ccc(Br)cc1. The Balaban J connectivity index is 1.75. The Labute approximate surface area is 211 Å². The number of carbonyl (C=O) groups is 1. The number of halogens is 3. The number of benzene rings is 2. The molecule has 2 aromatic carbocycles. The van der Waals surface area contributed by atoms with Gasteiger partial charge in [-0.1, -0.05) is 39.1 Å². The van der Waals surface area contributed by atoms with Crippen molar-refractivity contribution in [2.45, 2.75) is 13.8 Å². The highest BCUT2D eigenvalue weighted by Gasteiger charge is 2.21. The van der Waals surface area contributed by atoms with E-state index in [9.17, 15) is 13.2 Å². The Morgan fingerprint density at radius 3 is 2.30 bits per heavy atom. The van der Waals surface area contributed by atoms with Crippen molar-refractivity contribution in [1.82, 2.24) is 9.99 Å². The highest BCUT2D eigenvalue weighted by molar-refractivity contribution is 9.10. The number of nitrogens with one attached hydrogen (secondary N) is 1. The van der Waals surface area contributed by atoms with Crippen LogP contribution in [0.2, 0.25) is 10.0 Å². The van der Waals surface area contributed by atoms with Gasteiger partial charge in [0.25, 0.3) is 5.91 Å². The minimum absolute atomic E-state index is 0.187. The van der Waals surface area contributed by atoms with Crippen molar-refractivity contribution < 1.29 is 13.2 Å². The van der Waals surface area contributed by atoms with Gasteiger partial charge in [0.05, 0.1) is 18.2 Å². The number of hydrogen-bond donors (Lipinski definition) is 1. The fourth-order valence-electron chi connectivity index (χ4n) is 3.33. The van der Waals surface area contributed by atoms with E-state index < -0.39 is 22.5 Å². The predicted molar refractivity (Wildman–Crippen MR) is 137 cm³/mol. The smallest absolute Gasteiger partial charge is 0.260 e. The zero-order valence-electron chi connectivity index (χ0n) is 18.0. The molecule has 1 heterocycles. The molecule has 1 amide bonds. The number of nitrogens with zero attached hydrogens (tertiary/aromatic N) is 3. The third-order valence-corrected chi connectivity index (χ3v) is 6.88. The van der Waals surface area contributed by atoms with Crippen molar-refractivity contribution in [3.8, 4) is 5.69 Å². The molecule has 11 heteroatoms. The lowest BCUT2D eigenvalue weighted by Gasteiger charge is -2.21. The number of hydrogen-bond acceptors (Lipinski definition) is 4. The molecule has 7 nitrogen and oxygen atoms in total. The van der Waals surface area contributed by atoms with E-state index in [0.717, 1.165) is 37.7 Å². The molecule has 0 spiro atoms. The number of carbonyl (C=O) groups excluding carboxylic acids is 1. The number of aryl methyl sites for hydroxylation is 1. The van der Waals surface area contributed by atoms with Gasteiger partial charge in [0.1, 0.15) is 6.54 Å². The van der Waals surface area contributed by atoms with Gasteiger partial charge in [0.2, 0.25) is 10.0 Å². The highest BCUT2D eigenvalue weighted by atomic mass is 79.9.